The van der Waals surface area contributed by atoms with E-state index in [9.17, 15) is 5.11 Å². The summed E-state index contributed by atoms with van der Waals surface area (Å²) >= 11 is 1.70. The second kappa shape index (κ2) is 5.98. The first-order chi connectivity index (χ1) is 11.8. The molecule has 0 bridgehead atoms. The van der Waals surface area contributed by atoms with Crippen molar-refractivity contribution in [2.75, 3.05) is 6.54 Å². The summed E-state index contributed by atoms with van der Waals surface area (Å²) in [5, 5.41) is 17.2. The van der Waals surface area contributed by atoms with Gasteiger partial charge in [0.05, 0.1) is 23.7 Å². The molecule has 0 aliphatic carbocycles. The number of hydrogen-bond acceptors (Lipinski definition) is 6. The fraction of sp³-hybridized carbons (Fsp3) is 0.588. The molecule has 3 aromatic heterocycles. The predicted molar refractivity (Wildman–Crippen MR) is 95.7 cm³/mol. The van der Waals surface area contributed by atoms with Gasteiger partial charge in [0.1, 0.15) is 23.7 Å². The molecule has 7 nitrogen and oxygen atoms in total. The van der Waals surface area contributed by atoms with E-state index in [4.69, 9.17) is 14.7 Å². The summed E-state index contributed by atoms with van der Waals surface area (Å²) in [6, 6.07) is 0. The number of aromatic nitrogens is 4. The minimum Gasteiger partial charge on any atom is -0.388 e. The lowest BCUT2D eigenvalue weighted by atomic mass is 9.94. The van der Waals surface area contributed by atoms with Crippen molar-refractivity contribution >= 4 is 27.2 Å². The summed E-state index contributed by atoms with van der Waals surface area (Å²) in [7, 11) is 0. The average molecular weight is 362 g/mol. The molecule has 0 aromatic carbocycles. The zero-order chi connectivity index (χ0) is 17.8. The molecule has 8 heteroatoms. The van der Waals surface area contributed by atoms with Gasteiger partial charge in [0.2, 0.25) is 5.82 Å². The van der Waals surface area contributed by atoms with Crippen molar-refractivity contribution in [2.45, 2.75) is 59.0 Å². The van der Waals surface area contributed by atoms with Crippen LogP contribution in [0.1, 0.15) is 42.9 Å². The van der Waals surface area contributed by atoms with Gasteiger partial charge < -0.3 is 15.2 Å². The highest BCUT2D eigenvalue weighted by molar-refractivity contribution is 7.19. The molecule has 3 aromatic rings. The van der Waals surface area contributed by atoms with E-state index < -0.39 is 0 Å². The number of quaternary nitrogens is 1. The highest BCUT2D eigenvalue weighted by Gasteiger charge is 2.31. The van der Waals surface area contributed by atoms with Gasteiger partial charge in [-0.15, -0.1) is 16.4 Å². The summed E-state index contributed by atoms with van der Waals surface area (Å²) in [5.74, 6) is 1.61. The van der Waals surface area contributed by atoms with Crippen molar-refractivity contribution in [1.29, 1.82) is 0 Å². The van der Waals surface area contributed by atoms with Crippen LogP contribution >= 0.6 is 11.3 Å². The summed E-state index contributed by atoms with van der Waals surface area (Å²) in [4.78, 5) is 11.8. The van der Waals surface area contributed by atoms with E-state index in [1.807, 2.05) is 16.8 Å². The van der Waals surface area contributed by atoms with Crippen LogP contribution < -0.4 is 5.32 Å². The molecule has 0 saturated carbocycles. The normalized spacial score (nSPS) is 18.0. The zero-order valence-electron chi connectivity index (χ0n) is 15.0. The highest BCUT2D eigenvalue weighted by Crippen LogP contribution is 2.39. The maximum Gasteiger partial charge on any atom is 0.206 e. The zero-order valence-corrected chi connectivity index (χ0v) is 15.9. The van der Waals surface area contributed by atoms with E-state index in [1.54, 1.807) is 18.3 Å². The lowest BCUT2D eigenvalue weighted by Crippen LogP contribution is -2.84. The number of thiophene rings is 1. The molecular formula is C17H24N5O2S+. The van der Waals surface area contributed by atoms with Gasteiger partial charge in [-0.2, -0.15) is 4.52 Å². The fourth-order valence-corrected chi connectivity index (χ4v) is 4.47. The molecule has 134 valence electrons. The van der Waals surface area contributed by atoms with Gasteiger partial charge in [-0.25, -0.2) is 9.97 Å². The molecule has 0 fully saturated rings. The van der Waals surface area contributed by atoms with Gasteiger partial charge in [-0.3, -0.25) is 0 Å². The van der Waals surface area contributed by atoms with Crippen LogP contribution in [0.2, 0.25) is 0 Å². The predicted octanol–water partition coefficient (Wildman–Crippen LogP) is 0.943. The highest BCUT2D eigenvalue weighted by atomic mass is 32.1. The molecule has 0 spiro atoms. The fourth-order valence-electron chi connectivity index (χ4n) is 3.32. The van der Waals surface area contributed by atoms with Crippen LogP contribution in [0.5, 0.6) is 0 Å². The summed E-state index contributed by atoms with van der Waals surface area (Å²) in [6.45, 7) is 9.92. The van der Waals surface area contributed by atoms with E-state index in [-0.39, 0.29) is 11.7 Å². The first-order valence-corrected chi connectivity index (χ1v) is 9.46. The molecular weight excluding hydrogens is 338 g/mol. The molecule has 0 unspecified atom stereocenters. The third kappa shape index (κ3) is 3.03. The minimum absolute atomic E-state index is 0.170. The molecule has 0 radical (unpaired) electrons. The number of aliphatic hydroxyl groups is 1. The maximum absolute atomic E-state index is 9.41. The van der Waals surface area contributed by atoms with Gasteiger partial charge in [0.15, 0.2) is 5.65 Å². The molecule has 1 aliphatic rings. The monoisotopic (exact) mass is 362 g/mol. The van der Waals surface area contributed by atoms with Crippen molar-refractivity contribution < 1.29 is 15.2 Å². The SMILES string of the molecule is Cc1nc2sc3c(c2c2nc(C[NH2+]C[C@@H](C)O)nn12)CC(C)(C)OC3. The standard InChI is InChI=1S/C17H23N5O2S/c1-9(23)6-18-7-13-20-15-14-11-5-17(3,4)24-8-12(11)25-16(14)19-10(2)22(15)21-13/h9,18,23H,5-8H2,1-4H3/p+1/t9-/m1/s1. The van der Waals surface area contributed by atoms with E-state index >= 15 is 0 Å². The van der Waals surface area contributed by atoms with Gasteiger partial charge in [-0.05, 0) is 33.3 Å². The number of nitrogens with zero attached hydrogens (tertiary/aromatic N) is 4. The van der Waals surface area contributed by atoms with E-state index in [0.29, 0.717) is 19.7 Å². The summed E-state index contributed by atoms with van der Waals surface area (Å²) in [5.41, 5.74) is 2.02. The van der Waals surface area contributed by atoms with Crippen molar-refractivity contribution in [1.82, 2.24) is 19.6 Å². The molecule has 4 rings (SSSR count). The topological polar surface area (TPSA) is 89.2 Å². The van der Waals surface area contributed by atoms with Crippen LogP contribution in [0.4, 0.5) is 0 Å². The molecule has 3 N–H and O–H groups in total. The Bertz CT molecular complexity index is 944. The number of rotatable bonds is 4. The lowest BCUT2D eigenvalue weighted by Gasteiger charge is -2.30. The Morgan fingerprint density at radius 2 is 2.20 bits per heavy atom. The Hall–Kier alpha value is -1.61. The first kappa shape index (κ1) is 16.8. The van der Waals surface area contributed by atoms with Gasteiger partial charge in [0, 0.05) is 11.3 Å². The van der Waals surface area contributed by atoms with Gasteiger partial charge in [-0.1, -0.05) is 0 Å². The number of nitrogens with two attached hydrogens (primary N) is 1. The van der Waals surface area contributed by atoms with Crippen molar-refractivity contribution in [3.63, 3.8) is 0 Å². The summed E-state index contributed by atoms with van der Waals surface area (Å²) < 4.78 is 7.81. The van der Waals surface area contributed by atoms with E-state index in [1.165, 1.54) is 10.4 Å². The Morgan fingerprint density at radius 3 is 2.96 bits per heavy atom. The molecule has 0 saturated heterocycles. The summed E-state index contributed by atoms with van der Waals surface area (Å²) in [6.07, 6.45) is 0.525. The number of fused-ring (bicyclic) bond motifs is 5. The first-order valence-electron chi connectivity index (χ1n) is 8.64. The molecule has 0 amide bonds. The molecule has 1 atom stereocenters. The van der Waals surface area contributed by atoms with Crippen LogP contribution in [-0.2, 0) is 24.3 Å². The van der Waals surface area contributed by atoms with Crippen LogP contribution in [0, 0.1) is 6.92 Å². The van der Waals surface area contributed by atoms with Crippen LogP contribution in [0.3, 0.4) is 0 Å². The number of hydrogen-bond donors (Lipinski definition) is 2. The quantitative estimate of drug-likeness (QED) is 0.721. The van der Waals surface area contributed by atoms with Crippen molar-refractivity contribution in [3.05, 3.63) is 22.1 Å². The largest absolute Gasteiger partial charge is 0.388 e. The van der Waals surface area contributed by atoms with Gasteiger partial charge >= 0.3 is 0 Å². The second-order valence-electron chi connectivity index (χ2n) is 7.41. The molecule has 4 heterocycles. The van der Waals surface area contributed by atoms with Crippen LogP contribution in [0.25, 0.3) is 15.9 Å². The van der Waals surface area contributed by atoms with Crippen molar-refractivity contribution in [2.24, 2.45) is 0 Å². The van der Waals surface area contributed by atoms with Crippen molar-refractivity contribution in [3.8, 4) is 0 Å². The molecule has 25 heavy (non-hydrogen) atoms. The van der Waals surface area contributed by atoms with E-state index in [0.717, 1.165) is 33.9 Å². The molecule has 1 aliphatic heterocycles. The number of aryl methyl sites for hydroxylation is 1. The van der Waals surface area contributed by atoms with Crippen LogP contribution in [0.15, 0.2) is 0 Å². The maximum atomic E-state index is 9.41. The Labute approximate surface area is 150 Å². The Morgan fingerprint density at radius 1 is 1.40 bits per heavy atom. The van der Waals surface area contributed by atoms with Crippen LogP contribution in [-0.4, -0.2) is 42.9 Å². The third-order valence-corrected chi connectivity index (χ3v) is 5.65. The minimum atomic E-state index is -0.335. The Balaban J connectivity index is 1.81. The lowest BCUT2D eigenvalue weighted by molar-refractivity contribution is -0.677. The number of aliphatic hydroxyl groups excluding tert-OH is 1. The smallest absolute Gasteiger partial charge is 0.206 e. The van der Waals surface area contributed by atoms with E-state index in [2.05, 4.69) is 18.9 Å². The average Bonchev–Trinajstić information content (AvgIpc) is 3.07. The second-order valence-corrected chi connectivity index (χ2v) is 8.49. The Kier molecular flexibility index (Phi) is 4.03. The van der Waals surface area contributed by atoms with Gasteiger partial charge in [0.25, 0.3) is 0 Å². The number of ether oxygens (including phenoxy) is 1. The third-order valence-electron chi connectivity index (χ3n) is 4.55.